The number of hydrogen-bond acceptors (Lipinski definition) is 3. The lowest BCUT2D eigenvalue weighted by molar-refractivity contribution is -0.117. The highest BCUT2D eigenvalue weighted by Gasteiger charge is 2.16. The van der Waals surface area contributed by atoms with Crippen molar-refractivity contribution in [1.29, 1.82) is 0 Å². The molecule has 1 rings (SSSR count). The molecular formula is C13H24N4O. The van der Waals surface area contributed by atoms with Crippen molar-refractivity contribution in [1.82, 2.24) is 14.7 Å². The molecule has 0 spiro atoms. The lowest BCUT2D eigenvalue weighted by Gasteiger charge is -2.16. The van der Waals surface area contributed by atoms with E-state index >= 15 is 0 Å². The molecule has 1 aromatic heterocycles. The number of likely N-dealkylation sites (N-methyl/N-ethyl adjacent to an activating group) is 1. The van der Waals surface area contributed by atoms with Gasteiger partial charge >= 0.3 is 0 Å². The van der Waals surface area contributed by atoms with E-state index in [1.165, 1.54) is 0 Å². The zero-order valence-electron chi connectivity index (χ0n) is 12.0. The lowest BCUT2D eigenvalue weighted by Crippen LogP contribution is -2.19. The molecule has 0 saturated heterocycles. The minimum atomic E-state index is 0.00496. The molecule has 0 aliphatic carbocycles. The van der Waals surface area contributed by atoms with Gasteiger partial charge in [0.1, 0.15) is 0 Å². The summed E-state index contributed by atoms with van der Waals surface area (Å²) in [6.07, 6.45) is 4.07. The van der Waals surface area contributed by atoms with Crippen LogP contribution in [0.4, 0.5) is 5.69 Å². The van der Waals surface area contributed by atoms with Gasteiger partial charge in [-0.15, -0.1) is 0 Å². The summed E-state index contributed by atoms with van der Waals surface area (Å²) < 4.78 is 1.84. The number of rotatable bonds is 5. The van der Waals surface area contributed by atoms with Gasteiger partial charge in [0.2, 0.25) is 5.91 Å². The van der Waals surface area contributed by atoms with Gasteiger partial charge in [-0.05, 0) is 19.5 Å². The fourth-order valence-corrected chi connectivity index (χ4v) is 1.54. The SMILES string of the molecule is CN(C)CCn1cc(NC(=O)CC(C)(C)C)cn1. The van der Waals surface area contributed by atoms with E-state index in [0.29, 0.717) is 6.42 Å². The molecule has 0 unspecified atom stereocenters. The highest BCUT2D eigenvalue weighted by atomic mass is 16.1. The molecule has 102 valence electrons. The summed E-state index contributed by atoms with van der Waals surface area (Å²) in [5, 5.41) is 7.08. The molecular weight excluding hydrogens is 228 g/mol. The first-order valence-electron chi connectivity index (χ1n) is 6.23. The van der Waals surface area contributed by atoms with Gasteiger partial charge < -0.3 is 10.2 Å². The van der Waals surface area contributed by atoms with Crippen LogP contribution in [0.2, 0.25) is 0 Å². The van der Waals surface area contributed by atoms with E-state index in [4.69, 9.17) is 0 Å². The van der Waals surface area contributed by atoms with Gasteiger partial charge in [-0.1, -0.05) is 20.8 Å². The van der Waals surface area contributed by atoms with Crippen molar-refractivity contribution in [3.05, 3.63) is 12.4 Å². The maximum absolute atomic E-state index is 11.7. The Kier molecular flexibility index (Phi) is 4.90. The fraction of sp³-hybridized carbons (Fsp3) is 0.692. The second kappa shape index (κ2) is 6.00. The molecule has 5 heteroatoms. The van der Waals surface area contributed by atoms with Gasteiger partial charge in [-0.3, -0.25) is 9.48 Å². The van der Waals surface area contributed by atoms with Gasteiger partial charge in [0.05, 0.1) is 18.4 Å². The van der Waals surface area contributed by atoms with Crippen LogP contribution >= 0.6 is 0 Å². The maximum atomic E-state index is 11.7. The van der Waals surface area contributed by atoms with Crippen molar-refractivity contribution in [2.75, 3.05) is 26.0 Å². The average molecular weight is 252 g/mol. The molecule has 0 radical (unpaired) electrons. The van der Waals surface area contributed by atoms with E-state index in [-0.39, 0.29) is 11.3 Å². The van der Waals surface area contributed by atoms with Crippen molar-refractivity contribution in [2.45, 2.75) is 33.7 Å². The number of aromatic nitrogens is 2. The number of amides is 1. The topological polar surface area (TPSA) is 50.2 Å². The largest absolute Gasteiger partial charge is 0.323 e. The summed E-state index contributed by atoms with van der Waals surface area (Å²) in [4.78, 5) is 13.8. The Hall–Kier alpha value is -1.36. The van der Waals surface area contributed by atoms with Crippen LogP contribution in [0.15, 0.2) is 12.4 Å². The minimum absolute atomic E-state index is 0.00496. The molecule has 1 aromatic rings. The predicted molar refractivity (Wildman–Crippen MR) is 73.5 cm³/mol. The van der Waals surface area contributed by atoms with E-state index in [0.717, 1.165) is 18.8 Å². The summed E-state index contributed by atoms with van der Waals surface area (Å²) >= 11 is 0. The Balaban J connectivity index is 2.46. The zero-order chi connectivity index (χ0) is 13.8. The first-order valence-corrected chi connectivity index (χ1v) is 6.23. The molecule has 0 fully saturated rings. The third kappa shape index (κ3) is 5.82. The van der Waals surface area contributed by atoms with E-state index in [2.05, 4.69) is 15.3 Å². The third-order valence-corrected chi connectivity index (χ3v) is 2.38. The summed E-state index contributed by atoms with van der Waals surface area (Å²) in [7, 11) is 4.05. The molecule has 18 heavy (non-hydrogen) atoms. The smallest absolute Gasteiger partial charge is 0.224 e. The summed E-state index contributed by atoms with van der Waals surface area (Å²) in [6.45, 7) is 7.90. The molecule has 5 nitrogen and oxygen atoms in total. The number of carbonyl (C=O) groups excluding carboxylic acids is 1. The molecule has 0 saturated carbocycles. The molecule has 0 atom stereocenters. The highest BCUT2D eigenvalue weighted by Crippen LogP contribution is 2.19. The van der Waals surface area contributed by atoms with E-state index in [1.54, 1.807) is 6.20 Å². The lowest BCUT2D eigenvalue weighted by atomic mass is 9.92. The van der Waals surface area contributed by atoms with E-state index in [9.17, 15) is 4.79 Å². The second-order valence-corrected chi connectivity index (χ2v) is 6.08. The quantitative estimate of drug-likeness (QED) is 0.869. The van der Waals surface area contributed by atoms with E-state index < -0.39 is 0 Å². The number of carbonyl (C=O) groups is 1. The monoisotopic (exact) mass is 252 g/mol. The highest BCUT2D eigenvalue weighted by molar-refractivity contribution is 5.90. The molecule has 1 amide bonds. The number of nitrogens with zero attached hydrogens (tertiary/aromatic N) is 3. The maximum Gasteiger partial charge on any atom is 0.224 e. The first-order chi connectivity index (χ1) is 8.26. The van der Waals surface area contributed by atoms with Gasteiger partial charge in [-0.25, -0.2) is 0 Å². The first kappa shape index (κ1) is 14.7. The Morgan fingerprint density at radius 3 is 2.67 bits per heavy atom. The second-order valence-electron chi connectivity index (χ2n) is 6.08. The number of nitrogens with one attached hydrogen (secondary N) is 1. The number of anilines is 1. The summed E-state index contributed by atoms with van der Waals surface area (Å²) in [6, 6.07) is 0. The van der Waals surface area contributed by atoms with Crippen LogP contribution in [0.25, 0.3) is 0 Å². The van der Waals surface area contributed by atoms with Crippen molar-refractivity contribution >= 4 is 11.6 Å². The van der Waals surface area contributed by atoms with Crippen LogP contribution < -0.4 is 5.32 Å². The predicted octanol–water partition coefficient (Wildman–Crippen LogP) is 1.82. The average Bonchev–Trinajstić information content (AvgIpc) is 2.59. The van der Waals surface area contributed by atoms with Gasteiger partial charge in [0.15, 0.2) is 0 Å². The Bertz CT molecular complexity index is 390. The van der Waals surface area contributed by atoms with Crippen molar-refractivity contribution in [2.24, 2.45) is 5.41 Å². The van der Waals surface area contributed by atoms with Gasteiger partial charge in [0.25, 0.3) is 0 Å². The van der Waals surface area contributed by atoms with Crippen LogP contribution in [0, 0.1) is 5.41 Å². The van der Waals surface area contributed by atoms with Crippen LogP contribution in [-0.2, 0) is 11.3 Å². The van der Waals surface area contributed by atoms with Crippen LogP contribution in [0.5, 0.6) is 0 Å². The molecule has 1 N–H and O–H groups in total. The van der Waals surface area contributed by atoms with Crippen LogP contribution in [0.1, 0.15) is 27.2 Å². The molecule has 1 heterocycles. The minimum Gasteiger partial charge on any atom is -0.323 e. The van der Waals surface area contributed by atoms with Crippen LogP contribution in [-0.4, -0.2) is 41.2 Å². The zero-order valence-corrected chi connectivity index (χ0v) is 12.0. The molecule has 0 bridgehead atoms. The summed E-state index contributed by atoms with van der Waals surface area (Å²) in [5.74, 6) is 0.0367. The van der Waals surface area contributed by atoms with Crippen molar-refractivity contribution < 1.29 is 4.79 Å². The normalized spacial score (nSPS) is 11.9. The molecule has 0 aliphatic rings. The fourth-order valence-electron chi connectivity index (χ4n) is 1.54. The Labute approximate surface area is 109 Å². The number of hydrogen-bond donors (Lipinski definition) is 1. The van der Waals surface area contributed by atoms with Crippen LogP contribution in [0.3, 0.4) is 0 Å². The third-order valence-electron chi connectivity index (χ3n) is 2.38. The molecule has 0 aliphatic heterocycles. The van der Waals surface area contributed by atoms with E-state index in [1.807, 2.05) is 45.7 Å². The standard InChI is InChI=1S/C13H24N4O/c1-13(2,3)8-12(18)15-11-9-14-17(10-11)7-6-16(4)5/h9-10H,6-8H2,1-5H3,(H,15,18). The molecule has 0 aromatic carbocycles. The Morgan fingerprint density at radius 2 is 2.11 bits per heavy atom. The Morgan fingerprint density at radius 1 is 1.44 bits per heavy atom. The van der Waals surface area contributed by atoms with Crippen molar-refractivity contribution in [3.63, 3.8) is 0 Å². The van der Waals surface area contributed by atoms with Crippen molar-refractivity contribution in [3.8, 4) is 0 Å². The summed E-state index contributed by atoms with van der Waals surface area (Å²) in [5.41, 5.74) is 0.772. The van der Waals surface area contributed by atoms with Gasteiger partial charge in [-0.2, -0.15) is 5.10 Å². The van der Waals surface area contributed by atoms with Gasteiger partial charge in [0, 0.05) is 19.2 Å².